The fourth-order valence-electron chi connectivity index (χ4n) is 2.79. The van der Waals surface area contributed by atoms with Crippen LogP contribution in [-0.2, 0) is 4.79 Å². The number of ether oxygens (including phenoxy) is 1. The van der Waals surface area contributed by atoms with Crippen LogP contribution in [0.2, 0.25) is 5.02 Å². The summed E-state index contributed by atoms with van der Waals surface area (Å²) in [7, 11) is 0. The maximum Gasteiger partial charge on any atom is 0.336 e. The Morgan fingerprint density at radius 1 is 1.07 bits per heavy atom. The number of carbonyl (C=O) groups is 1. The minimum atomic E-state index is -0.442. The lowest BCUT2D eigenvalue weighted by atomic mass is 10.2. The second-order valence-electron chi connectivity index (χ2n) is 6.04. The Hall–Kier alpha value is -3.51. The molecule has 2 heterocycles. The summed E-state index contributed by atoms with van der Waals surface area (Å²) >= 11 is 6.09. The minimum absolute atomic E-state index is 0.198. The van der Waals surface area contributed by atoms with Gasteiger partial charge in [-0.15, -0.1) is 0 Å². The summed E-state index contributed by atoms with van der Waals surface area (Å²) in [6.07, 6.45) is 3.72. The van der Waals surface area contributed by atoms with Crippen molar-refractivity contribution in [3.05, 3.63) is 88.5 Å². The predicted octanol–water partition coefficient (Wildman–Crippen LogP) is 4.25. The first-order valence-corrected chi connectivity index (χ1v) is 8.86. The smallest absolute Gasteiger partial charge is 0.336 e. The molecule has 6 nitrogen and oxygen atoms in total. The van der Waals surface area contributed by atoms with Gasteiger partial charge in [-0.05, 0) is 48.5 Å². The average Bonchev–Trinajstić information content (AvgIpc) is 3.22. The molecule has 7 heteroatoms. The van der Waals surface area contributed by atoms with Gasteiger partial charge in [-0.2, -0.15) is 0 Å². The predicted molar refractivity (Wildman–Crippen MR) is 107 cm³/mol. The summed E-state index contributed by atoms with van der Waals surface area (Å²) < 4.78 is 12.5. The van der Waals surface area contributed by atoms with Crippen molar-refractivity contribution in [3.8, 4) is 11.4 Å². The molecule has 4 rings (SSSR count). The van der Waals surface area contributed by atoms with E-state index in [0.29, 0.717) is 22.0 Å². The molecule has 0 aliphatic rings. The molecule has 0 saturated carbocycles. The van der Waals surface area contributed by atoms with E-state index >= 15 is 0 Å². The Morgan fingerprint density at radius 2 is 1.86 bits per heavy atom. The SMILES string of the molecule is O=C(COc1ccc2ccc(=O)oc2c1)Nc1ccc(Cl)cc1-n1cccc1. The van der Waals surface area contributed by atoms with Crippen molar-refractivity contribution in [2.45, 2.75) is 0 Å². The third-order valence-corrected chi connectivity index (χ3v) is 4.32. The monoisotopic (exact) mass is 394 g/mol. The molecule has 1 N–H and O–H groups in total. The molecule has 0 aliphatic heterocycles. The second kappa shape index (κ2) is 7.62. The summed E-state index contributed by atoms with van der Waals surface area (Å²) in [5.41, 5.74) is 1.32. The van der Waals surface area contributed by atoms with E-state index in [1.165, 1.54) is 6.07 Å². The normalized spacial score (nSPS) is 10.8. The van der Waals surface area contributed by atoms with Crippen LogP contribution in [0.25, 0.3) is 16.7 Å². The number of amides is 1. The van der Waals surface area contributed by atoms with Gasteiger partial charge in [0.05, 0.1) is 11.4 Å². The fourth-order valence-corrected chi connectivity index (χ4v) is 2.95. The number of fused-ring (bicyclic) bond motifs is 1. The van der Waals surface area contributed by atoms with Gasteiger partial charge in [0.2, 0.25) is 0 Å². The number of carbonyl (C=O) groups excluding carboxylic acids is 1. The molecule has 2 aromatic heterocycles. The van der Waals surface area contributed by atoms with E-state index < -0.39 is 5.63 Å². The number of rotatable bonds is 5. The van der Waals surface area contributed by atoms with Crippen molar-refractivity contribution in [2.75, 3.05) is 11.9 Å². The summed E-state index contributed by atoms with van der Waals surface area (Å²) in [6, 6.07) is 17.0. The van der Waals surface area contributed by atoms with Crippen molar-refractivity contribution in [3.63, 3.8) is 0 Å². The van der Waals surface area contributed by atoms with Crippen molar-refractivity contribution in [1.29, 1.82) is 0 Å². The molecule has 0 bridgehead atoms. The number of nitrogens with zero attached hydrogens (tertiary/aromatic N) is 1. The highest BCUT2D eigenvalue weighted by molar-refractivity contribution is 6.31. The van der Waals surface area contributed by atoms with Gasteiger partial charge in [-0.1, -0.05) is 11.6 Å². The van der Waals surface area contributed by atoms with Crippen LogP contribution in [-0.4, -0.2) is 17.1 Å². The van der Waals surface area contributed by atoms with Crippen LogP contribution < -0.4 is 15.7 Å². The summed E-state index contributed by atoms with van der Waals surface area (Å²) in [6.45, 7) is -0.198. The van der Waals surface area contributed by atoms with E-state index in [-0.39, 0.29) is 12.5 Å². The van der Waals surface area contributed by atoms with E-state index in [2.05, 4.69) is 5.32 Å². The molecule has 0 aliphatic carbocycles. The van der Waals surface area contributed by atoms with E-state index in [1.807, 2.05) is 29.1 Å². The van der Waals surface area contributed by atoms with Crippen LogP contribution in [0.3, 0.4) is 0 Å². The Morgan fingerprint density at radius 3 is 2.68 bits per heavy atom. The summed E-state index contributed by atoms with van der Waals surface area (Å²) in [5.74, 6) is 0.101. The highest BCUT2D eigenvalue weighted by atomic mass is 35.5. The number of benzene rings is 2. The lowest BCUT2D eigenvalue weighted by Crippen LogP contribution is -2.21. The lowest BCUT2D eigenvalue weighted by Gasteiger charge is -2.13. The summed E-state index contributed by atoms with van der Waals surface area (Å²) in [4.78, 5) is 23.7. The molecule has 4 aromatic rings. The number of hydrogen-bond acceptors (Lipinski definition) is 4. The number of aromatic nitrogens is 1. The molecule has 0 radical (unpaired) electrons. The number of halogens is 1. The molecular formula is C21H15ClN2O4. The zero-order valence-electron chi connectivity index (χ0n) is 14.6. The van der Waals surface area contributed by atoms with Crippen LogP contribution in [0.4, 0.5) is 5.69 Å². The van der Waals surface area contributed by atoms with Gasteiger partial charge in [0.25, 0.3) is 5.91 Å². The van der Waals surface area contributed by atoms with Gasteiger partial charge >= 0.3 is 5.63 Å². The molecule has 0 atom stereocenters. The Kier molecular flexibility index (Phi) is 4.87. The van der Waals surface area contributed by atoms with Gasteiger partial charge in [0.15, 0.2) is 6.61 Å². The maximum absolute atomic E-state index is 12.4. The molecule has 0 saturated heterocycles. The van der Waals surface area contributed by atoms with Crippen LogP contribution in [0.5, 0.6) is 5.75 Å². The third-order valence-electron chi connectivity index (χ3n) is 4.08. The van der Waals surface area contributed by atoms with E-state index in [9.17, 15) is 9.59 Å². The Bertz CT molecular complexity index is 1200. The van der Waals surface area contributed by atoms with Gasteiger partial charge < -0.3 is 19.0 Å². The minimum Gasteiger partial charge on any atom is -0.484 e. The van der Waals surface area contributed by atoms with Crippen molar-refractivity contribution in [2.24, 2.45) is 0 Å². The number of nitrogens with one attached hydrogen (secondary N) is 1. The first-order chi connectivity index (χ1) is 13.6. The zero-order valence-corrected chi connectivity index (χ0v) is 15.3. The zero-order chi connectivity index (χ0) is 19.5. The quantitative estimate of drug-likeness (QED) is 0.513. The highest BCUT2D eigenvalue weighted by Gasteiger charge is 2.10. The summed E-state index contributed by atoms with van der Waals surface area (Å²) in [5, 5.41) is 4.16. The molecule has 0 fully saturated rings. The molecular weight excluding hydrogens is 380 g/mol. The topological polar surface area (TPSA) is 73.5 Å². The van der Waals surface area contributed by atoms with E-state index in [0.717, 1.165) is 11.1 Å². The molecule has 0 unspecified atom stereocenters. The molecule has 28 heavy (non-hydrogen) atoms. The first-order valence-electron chi connectivity index (χ1n) is 8.48. The Balaban J connectivity index is 1.47. The molecule has 0 spiro atoms. The van der Waals surface area contributed by atoms with Gasteiger partial charge in [-0.3, -0.25) is 4.79 Å². The lowest BCUT2D eigenvalue weighted by molar-refractivity contribution is -0.118. The largest absolute Gasteiger partial charge is 0.484 e. The number of anilines is 1. The van der Waals surface area contributed by atoms with Crippen LogP contribution in [0.15, 0.2) is 82.3 Å². The van der Waals surface area contributed by atoms with Gasteiger partial charge in [-0.25, -0.2) is 4.79 Å². The third kappa shape index (κ3) is 3.92. The van der Waals surface area contributed by atoms with Crippen LogP contribution >= 0.6 is 11.6 Å². The van der Waals surface area contributed by atoms with E-state index in [1.54, 1.807) is 42.5 Å². The number of hydrogen-bond donors (Lipinski definition) is 1. The van der Waals surface area contributed by atoms with Gasteiger partial charge in [0.1, 0.15) is 11.3 Å². The fraction of sp³-hybridized carbons (Fsp3) is 0.0476. The first kappa shape index (κ1) is 17.9. The van der Waals surface area contributed by atoms with Crippen molar-refractivity contribution < 1.29 is 13.9 Å². The molecule has 2 aromatic carbocycles. The van der Waals surface area contributed by atoms with Crippen molar-refractivity contribution >= 4 is 34.2 Å². The molecule has 140 valence electrons. The van der Waals surface area contributed by atoms with Crippen LogP contribution in [0.1, 0.15) is 0 Å². The highest BCUT2D eigenvalue weighted by Crippen LogP contribution is 2.25. The Labute approximate surface area is 164 Å². The van der Waals surface area contributed by atoms with Gasteiger partial charge in [0, 0.05) is 34.9 Å². The molecule has 1 amide bonds. The van der Waals surface area contributed by atoms with E-state index in [4.69, 9.17) is 20.8 Å². The van der Waals surface area contributed by atoms with Crippen molar-refractivity contribution in [1.82, 2.24) is 4.57 Å². The van der Waals surface area contributed by atoms with Crippen LogP contribution in [0, 0.1) is 0 Å². The average molecular weight is 395 g/mol. The standard InChI is InChI=1S/C21H15ClN2O4/c22-15-5-7-17(18(11-15)24-9-1-2-10-24)23-20(25)13-27-16-6-3-14-4-8-21(26)28-19(14)12-16/h1-12H,13H2,(H,23,25). The second-order valence-corrected chi connectivity index (χ2v) is 6.48. The maximum atomic E-state index is 12.4.